The van der Waals surface area contributed by atoms with Crippen LogP contribution in [0.3, 0.4) is 0 Å². The van der Waals surface area contributed by atoms with Gasteiger partial charge in [-0.3, -0.25) is 4.90 Å². The smallest absolute Gasteiger partial charge is 0.395 e. The average molecular weight is 313 g/mol. The Bertz CT molecular complexity index is 498. The van der Waals surface area contributed by atoms with Crippen LogP contribution in [0.5, 0.6) is 0 Å². The van der Waals surface area contributed by atoms with Gasteiger partial charge in [0.15, 0.2) is 0 Å². The lowest BCUT2D eigenvalue weighted by molar-refractivity contribution is -0.137. The van der Waals surface area contributed by atoms with Crippen molar-refractivity contribution in [3.63, 3.8) is 0 Å². The highest BCUT2D eigenvalue weighted by molar-refractivity contribution is 5.28. The van der Waals surface area contributed by atoms with E-state index in [1.165, 1.54) is 0 Å². The summed E-state index contributed by atoms with van der Waals surface area (Å²) in [7, 11) is 0. The Balaban J connectivity index is 2.15. The molecule has 3 atom stereocenters. The Morgan fingerprint density at radius 3 is 2.41 bits per heavy atom. The molecule has 2 rings (SSSR count). The Morgan fingerprint density at radius 2 is 1.91 bits per heavy atom. The number of nitrogens with zero attached hydrogens (tertiary/aromatic N) is 1. The van der Waals surface area contributed by atoms with Crippen LogP contribution >= 0.6 is 0 Å². The van der Waals surface area contributed by atoms with Gasteiger partial charge < -0.3 is 5.11 Å². The summed E-state index contributed by atoms with van der Waals surface area (Å²) in [5.41, 5.74) is 0.295. The first-order chi connectivity index (χ1) is 10.4. The molecule has 1 N–H and O–H groups in total. The monoisotopic (exact) mass is 313 g/mol. The quantitative estimate of drug-likeness (QED) is 0.854. The van der Waals surface area contributed by atoms with Crippen molar-refractivity contribution < 1.29 is 18.3 Å². The number of hydrogen-bond donors (Lipinski definition) is 1. The Hall–Kier alpha value is -1.33. The van der Waals surface area contributed by atoms with E-state index in [9.17, 15) is 18.3 Å². The fraction of sp³-hybridized carbons (Fsp3) is 0.529. The summed E-state index contributed by atoms with van der Waals surface area (Å²) in [6.45, 7) is 6.59. The number of likely N-dealkylation sites (tertiary alicyclic amines) is 1. The standard InChI is InChI=1S/C17H22F3NO/c1-3-8-21-12(2)9-14(10-16(21)11-22)13-4-6-15(7-5-13)17(18,19)20/h3-7,12,14,16,22H,1,8-11H2,2H3. The maximum Gasteiger partial charge on any atom is 0.416 e. The van der Waals surface area contributed by atoms with Crippen LogP contribution < -0.4 is 0 Å². The van der Waals surface area contributed by atoms with Crippen molar-refractivity contribution in [1.29, 1.82) is 0 Å². The molecule has 1 heterocycles. The second-order valence-electron chi connectivity index (χ2n) is 5.96. The van der Waals surface area contributed by atoms with Gasteiger partial charge in [0.2, 0.25) is 0 Å². The van der Waals surface area contributed by atoms with Gasteiger partial charge in [-0.15, -0.1) is 6.58 Å². The van der Waals surface area contributed by atoms with Crippen molar-refractivity contribution in [2.45, 2.75) is 43.9 Å². The molecule has 0 bridgehead atoms. The van der Waals surface area contributed by atoms with Gasteiger partial charge in [0.1, 0.15) is 0 Å². The van der Waals surface area contributed by atoms with Crippen LogP contribution in [-0.2, 0) is 6.18 Å². The van der Waals surface area contributed by atoms with Crippen LogP contribution in [0, 0.1) is 0 Å². The van der Waals surface area contributed by atoms with Crippen molar-refractivity contribution in [3.05, 3.63) is 48.0 Å². The normalized spacial score (nSPS) is 26.9. The molecule has 2 nitrogen and oxygen atoms in total. The van der Waals surface area contributed by atoms with E-state index in [-0.39, 0.29) is 24.6 Å². The van der Waals surface area contributed by atoms with Crippen LogP contribution in [-0.4, -0.2) is 35.2 Å². The van der Waals surface area contributed by atoms with E-state index in [1.54, 1.807) is 12.1 Å². The highest BCUT2D eigenvalue weighted by Crippen LogP contribution is 2.36. The summed E-state index contributed by atoms with van der Waals surface area (Å²) < 4.78 is 37.9. The largest absolute Gasteiger partial charge is 0.416 e. The zero-order valence-electron chi connectivity index (χ0n) is 12.7. The van der Waals surface area contributed by atoms with E-state index in [0.717, 1.165) is 30.5 Å². The van der Waals surface area contributed by atoms with Crippen molar-refractivity contribution in [1.82, 2.24) is 4.90 Å². The molecule has 1 aliphatic heterocycles. The van der Waals surface area contributed by atoms with Crippen molar-refractivity contribution in [3.8, 4) is 0 Å². The van der Waals surface area contributed by atoms with Crippen LogP contribution in [0.15, 0.2) is 36.9 Å². The first-order valence-corrected chi connectivity index (χ1v) is 7.51. The minimum Gasteiger partial charge on any atom is -0.395 e. The third kappa shape index (κ3) is 3.70. The fourth-order valence-electron chi connectivity index (χ4n) is 3.34. The van der Waals surface area contributed by atoms with Gasteiger partial charge in [-0.05, 0) is 43.4 Å². The number of hydrogen-bond acceptors (Lipinski definition) is 2. The fourth-order valence-corrected chi connectivity index (χ4v) is 3.34. The third-order valence-corrected chi connectivity index (χ3v) is 4.48. The molecule has 0 amide bonds. The topological polar surface area (TPSA) is 23.5 Å². The molecule has 1 aliphatic rings. The van der Waals surface area contributed by atoms with Gasteiger partial charge in [-0.2, -0.15) is 13.2 Å². The number of rotatable bonds is 4. The first kappa shape index (κ1) is 17.0. The molecule has 1 aromatic carbocycles. The number of alkyl halides is 3. The molecule has 0 aromatic heterocycles. The first-order valence-electron chi connectivity index (χ1n) is 7.51. The predicted octanol–water partition coefficient (Wildman–Crippen LogP) is 3.82. The second kappa shape index (κ2) is 6.84. The molecule has 1 fully saturated rings. The molecular weight excluding hydrogens is 291 g/mol. The van der Waals surface area contributed by atoms with E-state index in [2.05, 4.69) is 18.4 Å². The third-order valence-electron chi connectivity index (χ3n) is 4.48. The Morgan fingerprint density at radius 1 is 1.27 bits per heavy atom. The molecule has 1 aromatic rings. The Kier molecular flexibility index (Phi) is 5.29. The number of piperidine rings is 1. The Labute approximate surface area is 129 Å². The summed E-state index contributed by atoms with van der Waals surface area (Å²) in [5.74, 6) is 0.176. The highest BCUT2D eigenvalue weighted by atomic mass is 19.4. The van der Waals surface area contributed by atoms with Crippen LogP contribution in [0.4, 0.5) is 13.2 Å². The minimum absolute atomic E-state index is 0.0223. The van der Waals surface area contributed by atoms with E-state index < -0.39 is 11.7 Å². The number of aliphatic hydroxyl groups is 1. The SMILES string of the molecule is C=CCN1C(C)CC(c2ccc(C(F)(F)F)cc2)CC1CO. The van der Waals surface area contributed by atoms with Gasteiger partial charge >= 0.3 is 6.18 Å². The second-order valence-corrected chi connectivity index (χ2v) is 5.96. The van der Waals surface area contributed by atoms with Gasteiger partial charge in [0, 0.05) is 18.6 Å². The van der Waals surface area contributed by atoms with E-state index in [1.807, 2.05) is 6.08 Å². The number of aliphatic hydroxyl groups excluding tert-OH is 1. The predicted molar refractivity (Wildman–Crippen MR) is 80.7 cm³/mol. The van der Waals surface area contributed by atoms with Crippen LogP contribution in [0.25, 0.3) is 0 Å². The summed E-state index contributed by atoms with van der Waals surface area (Å²) in [4.78, 5) is 2.20. The molecule has 0 radical (unpaired) electrons. The zero-order chi connectivity index (χ0) is 16.3. The molecule has 5 heteroatoms. The lowest BCUT2D eigenvalue weighted by Crippen LogP contribution is -2.49. The van der Waals surface area contributed by atoms with Gasteiger partial charge in [0.25, 0.3) is 0 Å². The lowest BCUT2D eigenvalue weighted by Gasteiger charge is -2.43. The summed E-state index contributed by atoms with van der Waals surface area (Å²) in [5, 5.41) is 9.60. The van der Waals surface area contributed by atoms with Crippen molar-refractivity contribution in [2.24, 2.45) is 0 Å². The average Bonchev–Trinajstić information content (AvgIpc) is 2.48. The molecule has 3 unspecified atom stereocenters. The zero-order valence-corrected chi connectivity index (χ0v) is 12.7. The van der Waals surface area contributed by atoms with Crippen molar-refractivity contribution >= 4 is 0 Å². The molecule has 1 saturated heterocycles. The minimum atomic E-state index is -4.30. The lowest BCUT2D eigenvalue weighted by atomic mass is 9.82. The molecule has 0 aliphatic carbocycles. The van der Waals surface area contributed by atoms with Gasteiger partial charge in [-0.1, -0.05) is 18.2 Å². The maximum atomic E-state index is 12.6. The number of halogens is 3. The molecule has 0 saturated carbocycles. The summed E-state index contributed by atoms with van der Waals surface area (Å²) in [6.07, 6.45) is -0.861. The maximum absolute atomic E-state index is 12.6. The van der Waals surface area contributed by atoms with Crippen molar-refractivity contribution in [2.75, 3.05) is 13.2 Å². The van der Waals surface area contributed by atoms with Crippen LogP contribution in [0.1, 0.15) is 36.8 Å². The van der Waals surface area contributed by atoms with E-state index in [0.29, 0.717) is 6.54 Å². The van der Waals surface area contributed by atoms with E-state index >= 15 is 0 Å². The molecular formula is C17H22F3NO. The molecule has 22 heavy (non-hydrogen) atoms. The van der Waals surface area contributed by atoms with E-state index in [4.69, 9.17) is 0 Å². The van der Waals surface area contributed by atoms with Gasteiger partial charge in [-0.25, -0.2) is 0 Å². The molecule has 122 valence electrons. The summed E-state index contributed by atoms with van der Waals surface area (Å²) in [6, 6.07) is 5.70. The highest BCUT2D eigenvalue weighted by Gasteiger charge is 2.34. The van der Waals surface area contributed by atoms with Gasteiger partial charge in [0.05, 0.1) is 12.2 Å². The number of benzene rings is 1. The summed E-state index contributed by atoms with van der Waals surface area (Å²) >= 11 is 0. The van der Waals surface area contributed by atoms with Crippen LogP contribution in [0.2, 0.25) is 0 Å². The molecule has 0 spiro atoms.